The molecule has 0 aliphatic carbocycles. The highest BCUT2D eigenvalue weighted by Crippen LogP contribution is 2.14. The van der Waals surface area contributed by atoms with Crippen LogP contribution in [0.3, 0.4) is 0 Å². The van der Waals surface area contributed by atoms with Crippen LogP contribution in [0.4, 0.5) is 14.9 Å². The molecule has 0 aliphatic rings. The van der Waals surface area contributed by atoms with Crippen LogP contribution in [-0.4, -0.2) is 23.0 Å². The number of nitrogens with zero attached hydrogens (tertiary/aromatic N) is 2. The number of aromatic nitrogens is 1. The minimum atomic E-state index is -0.566. The molecule has 0 aliphatic heterocycles. The molecule has 0 saturated carbocycles. The van der Waals surface area contributed by atoms with Crippen molar-refractivity contribution >= 4 is 11.7 Å². The molecule has 6 heteroatoms. The van der Waals surface area contributed by atoms with E-state index < -0.39 is 11.8 Å². The van der Waals surface area contributed by atoms with Gasteiger partial charge in [0, 0.05) is 18.8 Å². The van der Waals surface area contributed by atoms with Gasteiger partial charge in [-0.25, -0.2) is 9.18 Å². The van der Waals surface area contributed by atoms with Crippen molar-refractivity contribution in [1.82, 2.24) is 9.88 Å². The van der Waals surface area contributed by atoms with Crippen molar-refractivity contribution in [3.63, 3.8) is 0 Å². The summed E-state index contributed by atoms with van der Waals surface area (Å²) in [7, 11) is 1.63. The molecule has 5 nitrogen and oxygen atoms in total. The number of hydrogen-bond donors (Lipinski definition) is 1. The van der Waals surface area contributed by atoms with Crippen molar-refractivity contribution in [2.24, 2.45) is 0 Å². The van der Waals surface area contributed by atoms with E-state index in [0.717, 1.165) is 17.5 Å². The summed E-state index contributed by atoms with van der Waals surface area (Å²) in [5.41, 5.74) is 1.02. The fourth-order valence-electron chi connectivity index (χ4n) is 1.59. The molecule has 2 aromatic heterocycles. The van der Waals surface area contributed by atoms with Crippen LogP contribution in [0.25, 0.3) is 0 Å². The van der Waals surface area contributed by atoms with Crippen molar-refractivity contribution in [2.75, 3.05) is 12.4 Å². The predicted molar refractivity (Wildman–Crippen MR) is 68.1 cm³/mol. The Kier molecular flexibility index (Phi) is 3.79. The van der Waals surface area contributed by atoms with Gasteiger partial charge in [0.25, 0.3) is 0 Å². The van der Waals surface area contributed by atoms with E-state index in [0.29, 0.717) is 6.54 Å². The molecule has 0 saturated heterocycles. The van der Waals surface area contributed by atoms with Crippen LogP contribution in [0.2, 0.25) is 0 Å². The second-order valence-corrected chi connectivity index (χ2v) is 4.14. The molecular weight excluding hydrogens is 249 g/mol. The highest BCUT2D eigenvalue weighted by atomic mass is 19.1. The first kappa shape index (κ1) is 13.1. The van der Waals surface area contributed by atoms with Gasteiger partial charge in [0.15, 0.2) is 5.82 Å². The number of pyridine rings is 1. The van der Waals surface area contributed by atoms with Gasteiger partial charge in [0.1, 0.15) is 5.76 Å². The van der Waals surface area contributed by atoms with E-state index in [-0.39, 0.29) is 5.69 Å². The first-order valence-electron chi connectivity index (χ1n) is 5.72. The second-order valence-electron chi connectivity index (χ2n) is 4.14. The Balaban J connectivity index is 2.00. The zero-order chi connectivity index (χ0) is 13.8. The highest BCUT2D eigenvalue weighted by molar-refractivity contribution is 5.89. The van der Waals surface area contributed by atoms with E-state index >= 15 is 0 Å². The van der Waals surface area contributed by atoms with Gasteiger partial charge in [-0.05, 0) is 19.1 Å². The van der Waals surface area contributed by atoms with Gasteiger partial charge < -0.3 is 14.6 Å². The molecule has 19 heavy (non-hydrogen) atoms. The normalized spacial score (nSPS) is 10.3. The Bertz CT molecular complexity index is 583. The minimum Gasteiger partial charge on any atom is -0.469 e. The number of nitrogens with one attached hydrogen (secondary N) is 1. The molecule has 0 aromatic carbocycles. The number of amides is 2. The smallest absolute Gasteiger partial charge is 0.321 e. The number of rotatable bonds is 3. The van der Waals surface area contributed by atoms with E-state index in [9.17, 15) is 9.18 Å². The third kappa shape index (κ3) is 3.09. The monoisotopic (exact) mass is 263 g/mol. The van der Waals surface area contributed by atoms with Gasteiger partial charge >= 0.3 is 6.03 Å². The van der Waals surface area contributed by atoms with Gasteiger partial charge in [-0.1, -0.05) is 0 Å². The van der Waals surface area contributed by atoms with Gasteiger partial charge in [-0.3, -0.25) is 4.98 Å². The topological polar surface area (TPSA) is 58.4 Å². The number of carbonyl (C=O) groups is 1. The molecule has 0 fully saturated rings. The van der Waals surface area contributed by atoms with E-state index in [1.807, 2.05) is 6.92 Å². The molecule has 0 unspecified atom stereocenters. The molecule has 0 radical (unpaired) electrons. The molecule has 1 N–H and O–H groups in total. The van der Waals surface area contributed by atoms with Crippen LogP contribution in [-0.2, 0) is 6.54 Å². The lowest BCUT2D eigenvalue weighted by atomic mass is 10.2. The lowest BCUT2D eigenvalue weighted by Crippen LogP contribution is -2.31. The van der Waals surface area contributed by atoms with Crippen molar-refractivity contribution < 1.29 is 13.6 Å². The summed E-state index contributed by atoms with van der Waals surface area (Å²) in [6, 6.07) is 2.81. The minimum absolute atomic E-state index is 0.107. The lowest BCUT2D eigenvalue weighted by molar-refractivity contribution is 0.220. The van der Waals surface area contributed by atoms with Gasteiger partial charge in [-0.2, -0.15) is 0 Å². The number of hydrogen-bond acceptors (Lipinski definition) is 3. The summed E-state index contributed by atoms with van der Waals surface area (Å²) >= 11 is 0. The quantitative estimate of drug-likeness (QED) is 0.926. The Morgan fingerprint density at radius 2 is 2.32 bits per heavy atom. The first-order valence-corrected chi connectivity index (χ1v) is 5.72. The molecule has 2 heterocycles. The van der Waals surface area contributed by atoms with Crippen LogP contribution in [0.1, 0.15) is 11.3 Å². The SMILES string of the molecule is Cc1occc1CN(C)C(=O)Nc1ccncc1F. The highest BCUT2D eigenvalue weighted by Gasteiger charge is 2.13. The maximum absolute atomic E-state index is 13.3. The summed E-state index contributed by atoms with van der Waals surface area (Å²) in [5, 5.41) is 2.48. The van der Waals surface area contributed by atoms with Crippen molar-refractivity contribution in [1.29, 1.82) is 0 Å². The third-order valence-electron chi connectivity index (χ3n) is 2.73. The third-order valence-corrected chi connectivity index (χ3v) is 2.73. The number of urea groups is 1. The van der Waals surface area contributed by atoms with Crippen molar-refractivity contribution in [3.05, 3.63) is 47.9 Å². The maximum Gasteiger partial charge on any atom is 0.321 e. The van der Waals surface area contributed by atoms with Crippen LogP contribution in [0.15, 0.2) is 35.2 Å². The van der Waals surface area contributed by atoms with Gasteiger partial charge in [-0.15, -0.1) is 0 Å². The van der Waals surface area contributed by atoms with E-state index in [1.54, 1.807) is 19.4 Å². The summed E-state index contributed by atoms with van der Waals surface area (Å²) in [4.78, 5) is 17.0. The standard InChI is InChI=1S/C13H14FN3O2/c1-9-10(4-6-19-9)8-17(2)13(18)16-12-3-5-15-7-11(12)14/h3-7H,8H2,1-2H3,(H,15,16,18). The Hall–Kier alpha value is -2.37. The molecule has 0 spiro atoms. The summed E-state index contributed by atoms with van der Waals surface area (Å²) in [6.45, 7) is 2.21. The Labute approximate surface area is 110 Å². The fourth-order valence-corrected chi connectivity index (χ4v) is 1.59. The molecular formula is C13H14FN3O2. The second kappa shape index (κ2) is 5.51. The molecule has 100 valence electrons. The van der Waals surface area contributed by atoms with Crippen LogP contribution < -0.4 is 5.32 Å². The molecule has 2 amide bonds. The zero-order valence-electron chi connectivity index (χ0n) is 10.7. The number of carbonyl (C=O) groups excluding carboxylic acids is 1. The summed E-state index contributed by atoms with van der Waals surface area (Å²) < 4.78 is 18.5. The predicted octanol–water partition coefficient (Wildman–Crippen LogP) is 2.79. The Morgan fingerprint density at radius 1 is 1.53 bits per heavy atom. The fraction of sp³-hybridized carbons (Fsp3) is 0.231. The van der Waals surface area contributed by atoms with Crippen LogP contribution >= 0.6 is 0 Å². The number of halogens is 1. The lowest BCUT2D eigenvalue weighted by Gasteiger charge is -2.17. The van der Waals surface area contributed by atoms with Gasteiger partial charge in [0.2, 0.25) is 0 Å². The van der Waals surface area contributed by atoms with E-state index in [1.165, 1.54) is 17.2 Å². The van der Waals surface area contributed by atoms with Crippen molar-refractivity contribution in [3.8, 4) is 0 Å². The van der Waals surface area contributed by atoms with Crippen molar-refractivity contribution in [2.45, 2.75) is 13.5 Å². The Morgan fingerprint density at radius 3 is 2.95 bits per heavy atom. The molecule has 2 aromatic rings. The zero-order valence-corrected chi connectivity index (χ0v) is 10.7. The van der Waals surface area contributed by atoms with Crippen LogP contribution in [0, 0.1) is 12.7 Å². The first-order chi connectivity index (χ1) is 9.08. The van der Waals surface area contributed by atoms with E-state index in [2.05, 4.69) is 10.3 Å². The average Bonchev–Trinajstić information content (AvgIpc) is 2.78. The largest absolute Gasteiger partial charge is 0.469 e. The van der Waals surface area contributed by atoms with E-state index in [4.69, 9.17) is 4.42 Å². The van der Waals surface area contributed by atoms with Gasteiger partial charge in [0.05, 0.1) is 24.7 Å². The number of anilines is 1. The molecule has 0 bridgehead atoms. The summed E-state index contributed by atoms with van der Waals surface area (Å²) in [5.74, 6) is 0.193. The molecule has 2 rings (SSSR count). The summed E-state index contributed by atoms with van der Waals surface area (Å²) in [6.07, 6.45) is 4.04. The number of aryl methyl sites for hydroxylation is 1. The maximum atomic E-state index is 13.3. The molecule has 0 atom stereocenters. The van der Waals surface area contributed by atoms with Crippen LogP contribution in [0.5, 0.6) is 0 Å². The number of furan rings is 1. The average molecular weight is 263 g/mol.